The maximum absolute atomic E-state index is 11.7. The average Bonchev–Trinajstić information content (AvgIpc) is 2.83. The molecule has 2 aromatic carbocycles. The number of carbonyl (C=O) groups is 2. The van der Waals surface area contributed by atoms with Gasteiger partial charge in [0, 0.05) is 5.75 Å². The number of ether oxygens (including phenoxy) is 3. The van der Waals surface area contributed by atoms with E-state index < -0.39 is 22.3 Å². The second kappa shape index (κ2) is 18.5. The molecule has 1 atom stereocenters. The first-order chi connectivity index (χ1) is 16.6. The first-order valence-electron chi connectivity index (χ1n) is 11.0. The van der Waals surface area contributed by atoms with Gasteiger partial charge in [0.2, 0.25) is 0 Å². The van der Waals surface area contributed by atoms with Crippen molar-refractivity contribution in [3.8, 4) is 0 Å². The summed E-state index contributed by atoms with van der Waals surface area (Å²) in [5.41, 5.74) is 6.59. The Balaban J connectivity index is 0.000000687. The number of aliphatic hydroxyl groups excluding tert-OH is 1. The fraction of sp³-hybridized carbons (Fsp3) is 0.385. The molecule has 0 aliphatic carbocycles. The first kappa shape index (κ1) is 32.1. The molecule has 0 saturated heterocycles. The Bertz CT molecular complexity index is 870. The van der Waals surface area contributed by atoms with Gasteiger partial charge in [-0.15, -0.1) is 0 Å². The zero-order valence-electron chi connectivity index (χ0n) is 21.5. The monoisotopic (exact) mass is 508 g/mol. The van der Waals surface area contributed by atoms with Crippen molar-refractivity contribution in [3.05, 3.63) is 83.7 Å². The summed E-state index contributed by atoms with van der Waals surface area (Å²) in [5, 5.41) is 12.5. The van der Waals surface area contributed by atoms with E-state index in [9.17, 15) is 14.7 Å². The number of nitrogens with one attached hydrogen (secondary N) is 1. The highest BCUT2D eigenvalue weighted by molar-refractivity contribution is 8.32. The summed E-state index contributed by atoms with van der Waals surface area (Å²) in [5.74, 6) is 0.0687. The van der Waals surface area contributed by atoms with Crippen LogP contribution >= 0.6 is 10.0 Å². The number of rotatable bonds is 9. The number of carbonyl (C=O) groups excluding carboxylic acids is 2. The minimum Gasteiger partial charge on any atom is -0.462 e. The molecule has 0 amide bonds. The molecule has 4 N–H and O–H groups in total. The smallest absolute Gasteiger partial charge is 0.342 e. The van der Waals surface area contributed by atoms with Crippen molar-refractivity contribution in [1.82, 2.24) is 5.32 Å². The van der Waals surface area contributed by atoms with Gasteiger partial charge in [0.25, 0.3) is 0 Å². The number of benzene rings is 2. The Labute approximate surface area is 210 Å². The quantitative estimate of drug-likeness (QED) is 0.268. The molecule has 0 aromatic heterocycles. The second-order valence-electron chi connectivity index (χ2n) is 7.99. The van der Waals surface area contributed by atoms with E-state index in [0.29, 0.717) is 24.3 Å². The third kappa shape index (κ3) is 16.4. The van der Waals surface area contributed by atoms with Gasteiger partial charge < -0.3 is 30.4 Å². The lowest BCUT2D eigenvalue weighted by Crippen LogP contribution is -2.23. The molecule has 0 spiro atoms. The van der Waals surface area contributed by atoms with Crippen LogP contribution in [0, 0.1) is 0 Å². The molecule has 196 valence electrons. The van der Waals surface area contributed by atoms with E-state index in [1.807, 2.05) is 32.3 Å². The summed E-state index contributed by atoms with van der Waals surface area (Å²) in [4.78, 5) is 22.7. The lowest BCUT2D eigenvalue weighted by atomic mass is 10.2. The number of nitrogens with two attached hydrogens (primary N) is 1. The minimum absolute atomic E-state index is 0.0387. The van der Waals surface area contributed by atoms with Crippen LogP contribution in [-0.2, 0) is 14.2 Å². The molecule has 2 aromatic rings. The molecule has 0 bridgehead atoms. The highest BCUT2D eigenvalue weighted by Crippen LogP contribution is 2.33. The van der Waals surface area contributed by atoms with Crippen LogP contribution in [0.1, 0.15) is 27.6 Å². The Hall–Kier alpha value is -2.85. The van der Waals surface area contributed by atoms with Gasteiger partial charge >= 0.3 is 11.9 Å². The summed E-state index contributed by atoms with van der Waals surface area (Å²) in [7, 11) is 3.06. The molecule has 8 nitrogen and oxygen atoms in total. The van der Waals surface area contributed by atoms with E-state index in [-0.39, 0.29) is 11.7 Å². The van der Waals surface area contributed by atoms with Gasteiger partial charge in [-0.25, -0.2) is 19.6 Å². The lowest BCUT2D eigenvalue weighted by molar-refractivity contribution is -0.0683. The SMILES string of the molecule is CCOC(=O)c1ccccc1.CNC.CS(C)(C)CCOC(O)/C(N)=C/OC(=O)c1ccccc1. The molecule has 0 radical (unpaired) electrons. The van der Waals surface area contributed by atoms with Crippen LogP contribution in [0.4, 0.5) is 0 Å². The van der Waals surface area contributed by atoms with Crippen molar-refractivity contribution in [3.63, 3.8) is 0 Å². The third-order valence-electron chi connectivity index (χ3n) is 3.85. The molecule has 0 saturated carbocycles. The van der Waals surface area contributed by atoms with E-state index in [2.05, 4.69) is 24.1 Å². The predicted octanol–water partition coefficient (Wildman–Crippen LogP) is 3.37. The number of aliphatic hydroxyl groups is 1. The molecule has 2 rings (SSSR count). The maximum Gasteiger partial charge on any atom is 0.342 e. The Morgan fingerprint density at radius 3 is 1.86 bits per heavy atom. The summed E-state index contributed by atoms with van der Waals surface area (Å²) in [6.45, 7) is 2.62. The van der Waals surface area contributed by atoms with Crippen LogP contribution < -0.4 is 11.1 Å². The highest BCUT2D eigenvalue weighted by atomic mass is 32.3. The van der Waals surface area contributed by atoms with Crippen molar-refractivity contribution < 1.29 is 28.9 Å². The summed E-state index contributed by atoms with van der Waals surface area (Å²) in [6.07, 6.45) is 6.22. The zero-order chi connectivity index (χ0) is 26.7. The Morgan fingerprint density at radius 1 is 0.971 bits per heavy atom. The number of hydrogen-bond acceptors (Lipinski definition) is 8. The van der Waals surface area contributed by atoms with E-state index in [1.54, 1.807) is 49.4 Å². The minimum atomic E-state index is -1.27. The van der Waals surface area contributed by atoms with E-state index >= 15 is 0 Å². The van der Waals surface area contributed by atoms with Gasteiger partial charge in [-0.3, -0.25) is 0 Å². The van der Waals surface area contributed by atoms with Crippen molar-refractivity contribution in [2.45, 2.75) is 13.2 Å². The number of esters is 2. The third-order valence-corrected chi connectivity index (χ3v) is 5.24. The van der Waals surface area contributed by atoms with Crippen LogP contribution in [0.3, 0.4) is 0 Å². The number of hydrogen-bond donors (Lipinski definition) is 3. The largest absolute Gasteiger partial charge is 0.462 e. The normalized spacial score (nSPS) is 12.1. The molecular weight excluding hydrogens is 468 g/mol. The van der Waals surface area contributed by atoms with Crippen molar-refractivity contribution in [2.24, 2.45) is 5.73 Å². The second-order valence-corrected chi connectivity index (χ2v) is 12.6. The van der Waals surface area contributed by atoms with Crippen molar-refractivity contribution in [2.75, 3.05) is 51.8 Å². The van der Waals surface area contributed by atoms with Crippen molar-refractivity contribution >= 4 is 22.0 Å². The molecule has 0 aliphatic heterocycles. The molecule has 0 aliphatic rings. The van der Waals surface area contributed by atoms with Gasteiger partial charge in [0.1, 0.15) is 12.0 Å². The summed E-state index contributed by atoms with van der Waals surface area (Å²) in [6, 6.07) is 17.5. The van der Waals surface area contributed by atoms with E-state index in [0.717, 1.165) is 12.0 Å². The predicted molar refractivity (Wildman–Crippen MR) is 144 cm³/mol. The standard InChI is InChI=1S/C15H23NO4S.C9H10O2.C2H7N/c1-21(2,3)10-9-19-15(18)13(16)11-20-14(17)12-7-5-4-6-8-12;1-2-11-9(10)8-6-4-3-5-7-8;1-3-2/h4-8,11,15,18H,9-10,16H2,1-3H3;3-7H,2H2,1H3;3H,1-2H3/b13-11-;;. The molecule has 9 heteroatoms. The molecule has 35 heavy (non-hydrogen) atoms. The molecule has 0 heterocycles. The van der Waals surface area contributed by atoms with E-state index in [4.69, 9.17) is 19.9 Å². The van der Waals surface area contributed by atoms with Crippen LogP contribution in [0.25, 0.3) is 0 Å². The Kier molecular flexibility index (Phi) is 17.0. The zero-order valence-corrected chi connectivity index (χ0v) is 22.3. The molecular formula is C26H40N2O6S. The molecule has 0 fully saturated rings. The van der Waals surface area contributed by atoms with Gasteiger partial charge in [0.15, 0.2) is 6.29 Å². The first-order valence-corrected chi connectivity index (χ1v) is 14.1. The van der Waals surface area contributed by atoms with Gasteiger partial charge in [-0.2, -0.15) is 0 Å². The van der Waals surface area contributed by atoms with Crippen LogP contribution in [0.15, 0.2) is 72.6 Å². The topological polar surface area (TPSA) is 120 Å². The fourth-order valence-corrected chi connectivity index (χ4v) is 2.71. The average molecular weight is 509 g/mol. The lowest BCUT2D eigenvalue weighted by Gasteiger charge is -2.25. The summed E-state index contributed by atoms with van der Waals surface area (Å²) >= 11 is 0. The maximum atomic E-state index is 11.7. The van der Waals surface area contributed by atoms with Gasteiger partial charge in [-0.1, -0.05) is 36.4 Å². The Morgan fingerprint density at radius 2 is 1.43 bits per heavy atom. The van der Waals surface area contributed by atoms with E-state index in [1.165, 1.54) is 0 Å². The van der Waals surface area contributed by atoms with Gasteiger partial charge in [0.05, 0.1) is 24.3 Å². The molecule has 1 unspecified atom stereocenters. The summed E-state index contributed by atoms with van der Waals surface area (Å²) < 4.78 is 14.9. The van der Waals surface area contributed by atoms with Crippen LogP contribution in [0.5, 0.6) is 0 Å². The van der Waals surface area contributed by atoms with Crippen LogP contribution in [0.2, 0.25) is 0 Å². The van der Waals surface area contributed by atoms with Crippen molar-refractivity contribution in [1.29, 1.82) is 0 Å². The van der Waals surface area contributed by atoms with Gasteiger partial charge in [-0.05, 0) is 64.1 Å². The van der Waals surface area contributed by atoms with Crippen LogP contribution in [-0.4, -0.2) is 75.2 Å². The fourth-order valence-electron chi connectivity index (χ4n) is 2.12. The highest BCUT2D eigenvalue weighted by Gasteiger charge is 2.12.